The number of piperidine rings is 1. The minimum absolute atomic E-state index is 0.0688. The normalized spacial score (nSPS) is 25.2. The highest BCUT2D eigenvalue weighted by atomic mass is 16.1. The summed E-state index contributed by atoms with van der Waals surface area (Å²) < 4.78 is 0. The van der Waals surface area contributed by atoms with Gasteiger partial charge in [-0.05, 0) is 67.8 Å². The third kappa shape index (κ3) is 2.88. The Labute approximate surface area is 121 Å². The number of benzene rings is 1. The summed E-state index contributed by atoms with van der Waals surface area (Å²) in [6.07, 6.45) is 6.02. The zero-order valence-electron chi connectivity index (χ0n) is 12.2. The molecule has 1 amide bonds. The largest absolute Gasteiger partial charge is 0.350 e. The van der Waals surface area contributed by atoms with E-state index in [0.717, 1.165) is 25.1 Å². The molecule has 1 aromatic carbocycles. The van der Waals surface area contributed by atoms with Crippen LogP contribution in [0.5, 0.6) is 0 Å². The van der Waals surface area contributed by atoms with E-state index in [1.54, 1.807) is 0 Å². The van der Waals surface area contributed by atoms with Crippen molar-refractivity contribution in [3.63, 3.8) is 0 Å². The summed E-state index contributed by atoms with van der Waals surface area (Å²) in [6, 6.07) is 6.59. The van der Waals surface area contributed by atoms with Crippen LogP contribution >= 0.6 is 0 Å². The average Bonchev–Trinajstić information content (AvgIpc) is 2.93. The lowest BCUT2D eigenvalue weighted by Crippen LogP contribution is -2.47. The van der Waals surface area contributed by atoms with E-state index in [9.17, 15) is 4.79 Å². The molecule has 1 fully saturated rings. The highest BCUT2D eigenvalue weighted by Crippen LogP contribution is 2.22. The molecule has 20 heavy (non-hydrogen) atoms. The van der Waals surface area contributed by atoms with Crippen molar-refractivity contribution >= 4 is 5.91 Å². The molecule has 0 bridgehead atoms. The van der Waals surface area contributed by atoms with Gasteiger partial charge in [0.2, 0.25) is 0 Å². The second kappa shape index (κ2) is 5.96. The monoisotopic (exact) mass is 272 g/mol. The summed E-state index contributed by atoms with van der Waals surface area (Å²) in [4.78, 5) is 12.3. The van der Waals surface area contributed by atoms with Crippen molar-refractivity contribution in [3.05, 3.63) is 34.9 Å². The highest BCUT2D eigenvalue weighted by molar-refractivity contribution is 5.94. The fraction of sp³-hybridized carbons (Fsp3) is 0.588. The van der Waals surface area contributed by atoms with E-state index in [1.807, 2.05) is 6.07 Å². The lowest BCUT2D eigenvalue weighted by Gasteiger charge is -2.30. The minimum atomic E-state index is 0.0688. The van der Waals surface area contributed by atoms with Gasteiger partial charge in [0.25, 0.3) is 5.91 Å². The first-order valence-corrected chi connectivity index (χ1v) is 7.87. The number of hydrogen-bond acceptors (Lipinski definition) is 2. The van der Waals surface area contributed by atoms with Gasteiger partial charge in [-0.25, -0.2) is 0 Å². The Morgan fingerprint density at radius 2 is 2.15 bits per heavy atom. The molecule has 0 saturated carbocycles. The second-order valence-electron chi connectivity index (χ2n) is 6.23. The maximum Gasteiger partial charge on any atom is 0.251 e. The van der Waals surface area contributed by atoms with E-state index < -0.39 is 0 Å². The molecule has 3 rings (SSSR count). The zero-order chi connectivity index (χ0) is 13.9. The van der Waals surface area contributed by atoms with Crippen molar-refractivity contribution in [3.8, 4) is 0 Å². The fourth-order valence-corrected chi connectivity index (χ4v) is 3.41. The Balaban J connectivity index is 1.59. The van der Waals surface area contributed by atoms with Crippen molar-refractivity contribution in [2.75, 3.05) is 13.1 Å². The number of hydrogen-bond donors (Lipinski definition) is 2. The van der Waals surface area contributed by atoms with Crippen molar-refractivity contribution in [2.45, 2.75) is 45.1 Å². The Morgan fingerprint density at radius 3 is 3.00 bits per heavy atom. The molecular weight excluding hydrogens is 248 g/mol. The van der Waals surface area contributed by atoms with Crippen LogP contribution in [0.15, 0.2) is 18.2 Å². The lowest BCUT2D eigenvalue weighted by molar-refractivity contribution is 0.0943. The number of carbonyl (C=O) groups is 1. The summed E-state index contributed by atoms with van der Waals surface area (Å²) in [6.45, 7) is 4.07. The van der Waals surface area contributed by atoms with Crippen LogP contribution in [0.3, 0.4) is 0 Å². The molecule has 108 valence electrons. The summed E-state index contributed by atoms with van der Waals surface area (Å²) in [5.74, 6) is 0.711. The van der Waals surface area contributed by atoms with E-state index in [-0.39, 0.29) is 5.91 Å². The van der Waals surface area contributed by atoms with Crippen LogP contribution in [-0.4, -0.2) is 25.0 Å². The van der Waals surface area contributed by atoms with Gasteiger partial charge in [-0.1, -0.05) is 13.0 Å². The standard InChI is InChI=1S/C17H24N2O/c1-12-4-3-9-18-16(12)11-19-17(20)15-8-7-13-5-2-6-14(13)10-15/h7-8,10,12,16,18H,2-6,9,11H2,1H3,(H,19,20). The highest BCUT2D eigenvalue weighted by Gasteiger charge is 2.21. The van der Waals surface area contributed by atoms with Crippen molar-refractivity contribution in [2.24, 2.45) is 5.92 Å². The van der Waals surface area contributed by atoms with Gasteiger partial charge in [0, 0.05) is 18.2 Å². The maximum atomic E-state index is 12.3. The van der Waals surface area contributed by atoms with E-state index >= 15 is 0 Å². The number of nitrogens with one attached hydrogen (secondary N) is 2. The molecule has 0 aromatic heterocycles. The van der Waals surface area contributed by atoms with Gasteiger partial charge in [0.15, 0.2) is 0 Å². The Kier molecular flexibility index (Phi) is 4.06. The van der Waals surface area contributed by atoms with Gasteiger partial charge in [-0.15, -0.1) is 0 Å². The second-order valence-corrected chi connectivity index (χ2v) is 6.23. The van der Waals surface area contributed by atoms with Gasteiger partial charge in [-0.3, -0.25) is 4.79 Å². The molecule has 1 aliphatic carbocycles. The molecule has 3 nitrogen and oxygen atoms in total. The molecule has 1 saturated heterocycles. The third-order valence-corrected chi connectivity index (χ3v) is 4.77. The predicted octanol–water partition coefficient (Wildman–Crippen LogP) is 2.29. The first-order chi connectivity index (χ1) is 9.74. The number of aryl methyl sites for hydroxylation is 2. The Bertz CT molecular complexity index is 498. The minimum Gasteiger partial charge on any atom is -0.350 e. The SMILES string of the molecule is CC1CCCNC1CNC(=O)c1ccc2c(c1)CCC2. The molecule has 1 heterocycles. The van der Waals surface area contributed by atoms with Crippen LogP contribution in [0.25, 0.3) is 0 Å². The fourth-order valence-electron chi connectivity index (χ4n) is 3.41. The molecule has 2 N–H and O–H groups in total. The van der Waals surface area contributed by atoms with E-state index in [1.165, 1.54) is 36.8 Å². The summed E-state index contributed by atoms with van der Waals surface area (Å²) in [5.41, 5.74) is 3.60. The molecule has 2 aliphatic rings. The van der Waals surface area contributed by atoms with Crippen LogP contribution in [0.2, 0.25) is 0 Å². The summed E-state index contributed by atoms with van der Waals surface area (Å²) >= 11 is 0. The van der Waals surface area contributed by atoms with Gasteiger partial charge in [-0.2, -0.15) is 0 Å². The van der Waals surface area contributed by atoms with Crippen LogP contribution in [0.1, 0.15) is 47.7 Å². The van der Waals surface area contributed by atoms with E-state index in [4.69, 9.17) is 0 Å². The quantitative estimate of drug-likeness (QED) is 0.886. The Morgan fingerprint density at radius 1 is 1.30 bits per heavy atom. The molecule has 0 radical (unpaired) electrons. The molecule has 1 aliphatic heterocycles. The van der Waals surface area contributed by atoms with Gasteiger partial charge in [0.05, 0.1) is 0 Å². The zero-order valence-corrected chi connectivity index (χ0v) is 12.2. The number of carbonyl (C=O) groups excluding carboxylic acids is 1. The summed E-state index contributed by atoms with van der Waals surface area (Å²) in [7, 11) is 0. The maximum absolute atomic E-state index is 12.3. The van der Waals surface area contributed by atoms with E-state index in [0.29, 0.717) is 12.0 Å². The van der Waals surface area contributed by atoms with Crippen LogP contribution in [0.4, 0.5) is 0 Å². The molecule has 2 unspecified atom stereocenters. The van der Waals surface area contributed by atoms with Crippen molar-refractivity contribution < 1.29 is 4.79 Å². The number of rotatable bonds is 3. The van der Waals surface area contributed by atoms with Gasteiger partial charge >= 0.3 is 0 Å². The van der Waals surface area contributed by atoms with Gasteiger partial charge < -0.3 is 10.6 Å². The molecule has 2 atom stereocenters. The van der Waals surface area contributed by atoms with Crippen LogP contribution < -0.4 is 10.6 Å². The van der Waals surface area contributed by atoms with Crippen LogP contribution in [-0.2, 0) is 12.8 Å². The molecule has 3 heteroatoms. The Hall–Kier alpha value is -1.35. The number of amides is 1. The molecular formula is C17H24N2O. The first kappa shape index (κ1) is 13.6. The number of fused-ring (bicyclic) bond motifs is 1. The summed E-state index contributed by atoms with van der Waals surface area (Å²) in [5, 5.41) is 6.59. The topological polar surface area (TPSA) is 41.1 Å². The van der Waals surface area contributed by atoms with E-state index in [2.05, 4.69) is 29.7 Å². The molecule has 0 spiro atoms. The van der Waals surface area contributed by atoms with Crippen LogP contribution in [0, 0.1) is 5.92 Å². The first-order valence-electron chi connectivity index (χ1n) is 7.87. The van der Waals surface area contributed by atoms with Crippen molar-refractivity contribution in [1.29, 1.82) is 0 Å². The lowest BCUT2D eigenvalue weighted by atomic mass is 9.92. The third-order valence-electron chi connectivity index (χ3n) is 4.77. The smallest absolute Gasteiger partial charge is 0.251 e. The average molecular weight is 272 g/mol. The molecule has 1 aromatic rings. The van der Waals surface area contributed by atoms with Gasteiger partial charge in [0.1, 0.15) is 0 Å². The predicted molar refractivity (Wildman–Crippen MR) is 81.0 cm³/mol. The van der Waals surface area contributed by atoms with Crippen molar-refractivity contribution in [1.82, 2.24) is 10.6 Å².